The van der Waals surface area contributed by atoms with Gasteiger partial charge in [-0.3, -0.25) is 14.6 Å². The second kappa shape index (κ2) is 6.04. The van der Waals surface area contributed by atoms with Crippen molar-refractivity contribution in [1.29, 1.82) is 0 Å². The lowest BCUT2D eigenvalue weighted by molar-refractivity contribution is 0.0952. The second-order valence-electron chi connectivity index (χ2n) is 5.53. The highest BCUT2D eigenvalue weighted by Crippen LogP contribution is 2.17. The maximum absolute atomic E-state index is 12.5. The summed E-state index contributed by atoms with van der Waals surface area (Å²) in [5, 5.41) is 4.56. The van der Waals surface area contributed by atoms with Gasteiger partial charge >= 0.3 is 0 Å². The van der Waals surface area contributed by atoms with Crippen LogP contribution in [0.15, 0.2) is 47.5 Å². The lowest BCUT2D eigenvalue weighted by Gasteiger charge is -2.09. The minimum Gasteiger partial charge on any atom is -0.348 e. The number of hydrogen-bond acceptors (Lipinski definition) is 3. The normalized spacial score (nSPS) is 10.7. The molecule has 0 aliphatic rings. The number of aryl methyl sites for hydroxylation is 2. The zero-order valence-electron chi connectivity index (χ0n) is 13.0. The molecule has 0 aliphatic heterocycles. The SMILES string of the molecule is Cc1cc(C)c(CNC(=O)c2cncc3ccccc23)c(=O)[nH]1. The van der Waals surface area contributed by atoms with Crippen molar-refractivity contribution in [2.45, 2.75) is 20.4 Å². The summed E-state index contributed by atoms with van der Waals surface area (Å²) in [6, 6.07) is 9.47. The van der Waals surface area contributed by atoms with Gasteiger partial charge in [0.25, 0.3) is 11.5 Å². The third kappa shape index (κ3) is 2.99. The van der Waals surface area contributed by atoms with Crippen LogP contribution in [-0.2, 0) is 6.54 Å². The van der Waals surface area contributed by atoms with Gasteiger partial charge in [0.05, 0.1) is 5.56 Å². The smallest absolute Gasteiger partial charge is 0.253 e. The fourth-order valence-corrected chi connectivity index (χ4v) is 2.66. The number of aromatic amines is 1. The summed E-state index contributed by atoms with van der Waals surface area (Å²) in [7, 11) is 0. The monoisotopic (exact) mass is 307 g/mol. The highest BCUT2D eigenvalue weighted by molar-refractivity contribution is 6.06. The molecule has 3 rings (SSSR count). The Balaban J connectivity index is 1.87. The standard InChI is InChI=1S/C18H17N3O2/c1-11-7-12(2)21-18(23)15(11)10-20-17(22)16-9-19-8-13-5-3-4-6-14(13)16/h3-9H,10H2,1-2H3,(H,20,22)(H,21,23). The predicted octanol–water partition coefficient (Wildman–Crippen LogP) is 2.47. The fourth-order valence-electron chi connectivity index (χ4n) is 2.66. The van der Waals surface area contributed by atoms with Gasteiger partial charge < -0.3 is 10.3 Å². The number of H-pyrrole nitrogens is 1. The summed E-state index contributed by atoms with van der Waals surface area (Å²) >= 11 is 0. The number of amides is 1. The van der Waals surface area contributed by atoms with E-state index in [0.29, 0.717) is 11.1 Å². The van der Waals surface area contributed by atoms with Crippen LogP contribution < -0.4 is 10.9 Å². The molecule has 2 N–H and O–H groups in total. The Kier molecular flexibility index (Phi) is 3.93. The number of carbonyl (C=O) groups excluding carboxylic acids is 1. The lowest BCUT2D eigenvalue weighted by Crippen LogP contribution is -2.28. The molecule has 0 saturated carbocycles. The quantitative estimate of drug-likeness (QED) is 0.780. The van der Waals surface area contributed by atoms with E-state index in [1.807, 2.05) is 44.2 Å². The number of nitrogens with zero attached hydrogens (tertiary/aromatic N) is 1. The van der Waals surface area contributed by atoms with Crippen molar-refractivity contribution in [3.8, 4) is 0 Å². The zero-order valence-corrected chi connectivity index (χ0v) is 13.0. The Bertz CT molecular complexity index is 939. The summed E-state index contributed by atoms with van der Waals surface area (Å²) in [4.78, 5) is 31.3. The second-order valence-corrected chi connectivity index (χ2v) is 5.53. The van der Waals surface area contributed by atoms with Crippen LogP contribution in [0.1, 0.15) is 27.2 Å². The molecule has 5 nitrogen and oxygen atoms in total. The minimum absolute atomic E-state index is 0.168. The zero-order chi connectivity index (χ0) is 16.4. The van der Waals surface area contributed by atoms with Gasteiger partial charge in [0.2, 0.25) is 0 Å². The first kappa shape index (κ1) is 15.0. The van der Waals surface area contributed by atoms with Crippen molar-refractivity contribution in [2.75, 3.05) is 0 Å². The summed E-state index contributed by atoms with van der Waals surface area (Å²) in [6.07, 6.45) is 3.27. The van der Waals surface area contributed by atoms with E-state index in [2.05, 4.69) is 15.3 Å². The maximum Gasteiger partial charge on any atom is 0.253 e. The number of benzene rings is 1. The number of carbonyl (C=O) groups is 1. The van der Waals surface area contributed by atoms with Crippen molar-refractivity contribution < 1.29 is 4.79 Å². The molecule has 0 saturated heterocycles. The van der Waals surface area contributed by atoms with Gasteiger partial charge in [-0.1, -0.05) is 24.3 Å². The average Bonchev–Trinajstić information content (AvgIpc) is 2.53. The Morgan fingerprint density at radius 2 is 2.00 bits per heavy atom. The molecule has 116 valence electrons. The highest BCUT2D eigenvalue weighted by Gasteiger charge is 2.12. The molecule has 0 radical (unpaired) electrons. The van der Waals surface area contributed by atoms with Gasteiger partial charge in [0.1, 0.15) is 0 Å². The first-order valence-corrected chi connectivity index (χ1v) is 7.36. The molecule has 23 heavy (non-hydrogen) atoms. The van der Waals surface area contributed by atoms with Gasteiger partial charge in [0.15, 0.2) is 0 Å². The van der Waals surface area contributed by atoms with Crippen LogP contribution in [0.25, 0.3) is 10.8 Å². The van der Waals surface area contributed by atoms with Crippen LogP contribution in [-0.4, -0.2) is 15.9 Å². The molecule has 2 aromatic heterocycles. The van der Waals surface area contributed by atoms with Gasteiger partial charge in [0, 0.05) is 35.6 Å². The Labute approximate surface area is 133 Å². The van der Waals surface area contributed by atoms with E-state index in [-0.39, 0.29) is 18.0 Å². The number of rotatable bonds is 3. The molecule has 0 fully saturated rings. The molecule has 0 aliphatic carbocycles. The van der Waals surface area contributed by atoms with Crippen molar-refractivity contribution in [3.05, 3.63) is 75.5 Å². The van der Waals surface area contributed by atoms with E-state index in [9.17, 15) is 9.59 Å². The topological polar surface area (TPSA) is 74.8 Å². The van der Waals surface area contributed by atoms with E-state index in [1.165, 1.54) is 0 Å². The number of hydrogen-bond donors (Lipinski definition) is 2. The summed E-state index contributed by atoms with van der Waals surface area (Å²) < 4.78 is 0. The number of aromatic nitrogens is 2. The van der Waals surface area contributed by atoms with Crippen LogP contribution in [0.5, 0.6) is 0 Å². The van der Waals surface area contributed by atoms with Crippen molar-refractivity contribution in [2.24, 2.45) is 0 Å². The lowest BCUT2D eigenvalue weighted by atomic mass is 10.1. The van der Waals surface area contributed by atoms with Crippen LogP contribution in [0.2, 0.25) is 0 Å². The van der Waals surface area contributed by atoms with Crippen molar-refractivity contribution >= 4 is 16.7 Å². The van der Waals surface area contributed by atoms with Crippen molar-refractivity contribution in [3.63, 3.8) is 0 Å². The van der Waals surface area contributed by atoms with Crippen LogP contribution >= 0.6 is 0 Å². The van der Waals surface area contributed by atoms with Gasteiger partial charge in [-0.15, -0.1) is 0 Å². The molecular formula is C18H17N3O2. The minimum atomic E-state index is -0.242. The van der Waals surface area contributed by atoms with E-state index in [0.717, 1.165) is 22.0 Å². The van der Waals surface area contributed by atoms with E-state index in [4.69, 9.17) is 0 Å². The molecule has 1 amide bonds. The van der Waals surface area contributed by atoms with E-state index >= 15 is 0 Å². The molecule has 1 aromatic carbocycles. The predicted molar refractivity (Wildman–Crippen MR) is 89.4 cm³/mol. The Morgan fingerprint density at radius 3 is 2.78 bits per heavy atom. The van der Waals surface area contributed by atoms with Crippen LogP contribution in [0.3, 0.4) is 0 Å². The summed E-state index contributed by atoms with van der Waals surface area (Å²) in [5.74, 6) is -0.242. The summed E-state index contributed by atoms with van der Waals surface area (Å²) in [5.41, 5.74) is 2.57. The number of fused-ring (bicyclic) bond motifs is 1. The number of nitrogens with one attached hydrogen (secondary N) is 2. The van der Waals surface area contributed by atoms with E-state index in [1.54, 1.807) is 12.4 Å². The molecule has 3 aromatic rings. The summed E-state index contributed by atoms with van der Waals surface area (Å²) in [6.45, 7) is 3.88. The molecule has 2 heterocycles. The fraction of sp³-hybridized carbons (Fsp3) is 0.167. The first-order chi connectivity index (χ1) is 11.1. The third-order valence-electron chi connectivity index (χ3n) is 3.83. The van der Waals surface area contributed by atoms with E-state index < -0.39 is 0 Å². The molecule has 0 spiro atoms. The number of pyridine rings is 2. The highest BCUT2D eigenvalue weighted by atomic mass is 16.1. The molecular weight excluding hydrogens is 290 g/mol. The average molecular weight is 307 g/mol. The maximum atomic E-state index is 12.5. The first-order valence-electron chi connectivity index (χ1n) is 7.36. The van der Waals surface area contributed by atoms with Gasteiger partial charge in [-0.05, 0) is 30.9 Å². The van der Waals surface area contributed by atoms with Gasteiger partial charge in [-0.2, -0.15) is 0 Å². The Morgan fingerprint density at radius 1 is 1.22 bits per heavy atom. The molecule has 0 unspecified atom stereocenters. The van der Waals surface area contributed by atoms with Crippen LogP contribution in [0.4, 0.5) is 0 Å². The molecule has 0 bridgehead atoms. The Hall–Kier alpha value is -2.95. The van der Waals surface area contributed by atoms with Gasteiger partial charge in [-0.25, -0.2) is 0 Å². The third-order valence-corrected chi connectivity index (χ3v) is 3.83. The molecule has 5 heteroatoms. The van der Waals surface area contributed by atoms with Crippen molar-refractivity contribution in [1.82, 2.24) is 15.3 Å². The van der Waals surface area contributed by atoms with Crippen LogP contribution in [0, 0.1) is 13.8 Å². The molecule has 0 atom stereocenters. The largest absolute Gasteiger partial charge is 0.348 e.